The van der Waals surface area contributed by atoms with Crippen LogP contribution in [0.5, 0.6) is 0 Å². The Morgan fingerprint density at radius 3 is 2.67 bits per heavy atom. The number of benzene rings is 1. The number of fused-ring (bicyclic) bond motifs is 1. The third-order valence-corrected chi connectivity index (χ3v) is 4.67. The summed E-state index contributed by atoms with van der Waals surface area (Å²) in [6.45, 7) is 2.14. The largest absolute Gasteiger partial charge is 0.346 e. The molecule has 0 bridgehead atoms. The molecule has 2 N–H and O–H groups in total. The number of aromatic nitrogens is 4. The first-order chi connectivity index (χ1) is 10.2. The molecule has 0 unspecified atom stereocenters. The van der Waals surface area contributed by atoms with Crippen LogP contribution in [0.25, 0.3) is 11.0 Å². The van der Waals surface area contributed by atoms with Crippen molar-refractivity contribution in [1.29, 1.82) is 0 Å². The molecule has 0 radical (unpaired) electrons. The van der Waals surface area contributed by atoms with E-state index in [1.54, 1.807) is 0 Å². The third kappa shape index (κ3) is 3.06. The highest BCUT2D eigenvalue weighted by Gasteiger charge is 2.09. The molecule has 0 atom stereocenters. The van der Waals surface area contributed by atoms with Crippen LogP contribution in [0.2, 0.25) is 0 Å². The van der Waals surface area contributed by atoms with Crippen LogP contribution in [0.4, 0.5) is 0 Å². The Morgan fingerprint density at radius 2 is 1.90 bits per heavy atom. The van der Waals surface area contributed by atoms with E-state index in [9.17, 15) is 0 Å². The molecular weight excluding hydrogens is 348 g/mol. The second-order valence-electron chi connectivity index (χ2n) is 4.91. The third-order valence-electron chi connectivity index (χ3n) is 3.26. The molecule has 21 heavy (non-hydrogen) atoms. The van der Waals surface area contributed by atoms with Gasteiger partial charge in [0.15, 0.2) is 0 Å². The van der Waals surface area contributed by atoms with Crippen molar-refractivity contribution in [2.75, 3.05) is 0 Å². The first-order valence-corrected chi connectivity index (χ1v) is 8.08. The normalized spacial score (nSPS) is 11.1. The Hall–Kier alpha value is -1.53. The number of hydrogen-bond acceptors (Lipinski definition) is 3. The molecule has 0 saturated heterocycles. The number of halogens is 1. The summed E-state index contributed by atoms with van der Waals surface area (Å²) in [6, 6.07) is 7.99. The van der Waals surface area contributed by atoms with E-state index in [2.05, 4.69) is 42.8 Å². The number of rotatable bonds is 4. The summed E-state index contributed by atoms with van der Waals surface area (Å²) < 4.78 is 1.50. The minimum atomic E-state index is 0.600. The van der Waals surface area contributed by atoms with Gasteiger partial charge in [-0.05, 0) is 34.5 Å². The van der Waals surface area contributed by atoms with E-state index >= 15 is 0 Å². The van der Waals surface area contributed by atoms with Crippen molar-refractivity contribution in [2.24, 2.45) is 0 Å². The summed E-state index contributed by atoms with van der Waals surface area (Å²) in [7, 11) is 0. The molecule has 0 aliphatic rings. The lowest BCUT2D eigenvalue weighted by molar-refractivity contribution is 0.820. The van der Waals surface area contributed by atoms with Crippen LogP contribution < -0.4 is 0 Å². The predicted octanol–water partition coefficient (Wildman–Crippen LogP) is 4.32. The Morgan fingerprint density at radius 1 is 1.14 bits per heavy atom. The summed E-state index contributed by atoms with van der Waals surface area (Å²) in [4.78, 5) is 15.7. The van der Waals surface area contributed by atoms with Crippen molar-refractivity contribution in [2.45, 2.75) is 26.2 Å². The zero-order valence-electron chi connectivity index (χ0n) is 11.6. The SMILES string of the molecule is CCCc1[nH]c(Cc2nc3ccccc3[nH]2)nc(=S)c1Br. The molecule has 3 aromatic rings. The fourth-order valence-corrected chi connectivity index (χ4v) is 2.93. The van der Waals surface area contributed by atoms with Gasteiger partial charge in [-0.2, -0.15) is 0 Å². The van der Waals surface area contributed by atoms with E-state index in [0.29, 0.717) is 11.1 Å². The van der Waals surface area contributed by atoms with Gasteiger partial charge in [-0.3, -0.25) is 0 Å². The summed E-state index contributed by atoms with van der Waals surface area (Å²) in [5, 5.41) is 0. The van der Waals surface area contributed by atoms with Crippen LogP contribution in [0, 0.1) is 4.64 Å². The van der Waals surface area contributed by atoms with E-state index in [-0.39, 0.29) is 0 Å². The van der Waals surface area contributed by atoms with Gasteiger partial charge in [0.1, 0.15) is 16.3 Å². The number of nitrogens with one attached hydrogen (secondary N) is 2. The Bertz CT molecular complexity index is 804. The van der Waals surface area contributed by atoms with Crippen LogP contribution in [0.3, 0.4) is 0 Å². The molecule has 2 heterocycles. The summed E-state index contributed by atoms with van der Waals surface area (Å²) in [6.07, 6.45) is 2.61. The molecule has 108 valence electrons. The van der Waals surface area contributed by atoms with E-state index in [0.717, 1.165) is 45.7 Å². The number of H-pyrrole nitrogens is 2. The van der Waals surface area contributed by atoms with Gasteiger partial charge in [-0.25, -0.2) is 9.97 Å². The van der Waals surface area contributed by atoms with Crippen molar-refractivity contribution < 1.29 is 0 Å². The first kappa shape index (κ1) is 14.4. The Balaban J connectivity index is 1.95. The molecule has 0 aliphatic carbocycles. The van der Waals surface area contributed by atoms with Gasteiger partial charge < -0.3 is 9.97 Å². The molecule has 3 rings (SSSR count). The maximum Gasteiger partial charge on any atom is 0.144 e. The van der Waals surface area contributed by atoms with Crippen LogP contribution in [-0.4, -0.2) is 19.9 Å². The molecule has 6 heteroatoms. The van der Waals surface area contributed by atoms with Crippen molar-refractivity contribution in [1.82, 2.24) is 19.9 Å². The summed E-state index contributed by atoms with van der Waals surface area (Å²) in [5.41, 5.74) is 3.11. The maximum absolute atomic E-state index is 5.31. The van der Waals surface area contributed by atoms with Gasteiger partial charge in [0.2, 0.25) is 0 Å². The second kappa shape index (κ2) is 6.07. The summed E-state index contributed by atoms with van der Waals surface area (Å²) >= 11 is 8.82. The summed E-state index contributed by atoms with van der Waals surface area (Å²) in [5.74, 6) is 1.73. The zero-order valence-corrected chi connectivity index (χ0v) is 14.0. The van der Waals surface area contributed by atoms with Crippen LogP contribution in [-0.2, 0) is 12.8 Å². The van der Waals surface area contributed by atoms with E-state index in [4.69, 9.17) is 12.2 Å². The lowest BCUT2D eigenvalue weighted by Crippen LogP contribution is -2.03. The molecule has 1 aromatic carbocycles. The number of hydrogen-bond donors (Lipinski definition) is 2. The topological polar surface area (TPSA) is 57.4 Å². The van der Waals surface area contributed by atoms with Gasteiger partial charge in [0.05, 0.1) is 21.9 Å². The number of nitrogens with zero attached hydrogens (tertiary/aromatic N) is 2. The number of aryl methyl sites for hydroxylation is 1. The zero-order chi connectivity index (χ0) is 14.8. The number of aromatic amines is 2. The second-order valence-corrected chi connectivity index (χ2v) is 6.09. The molecule has 0 aliphatic heterocycles. The number of imidazole rings is 1. The quantitative estimate of drug-likeness (QED) is 0.679. The highest BCUT2D eigenvalue weighted by Crippen LogP contribution is 2.18. The predicted molar refractivity (Wildman–Crippen MR) is 90.0 cm³/mol. The standard InChI is InChI=1S/C15H15BrN4S/c1-2-5-11-14(16)15(21)20-13(19-11)8-12-17-9-6-3-4-7-10(9)18-12/h3-4,6-7H,2,5,8H2,1H3,(H,17,18)(H,19,20,21). The highest BCUT2D eigenvalue weighted by molar-refractivity contribution is 9.10. The average molecular weight is 363 g/mol. The van der Waals surface area contributed by atoms with Gasteiger partial charge in [-0.1, -0.05) is 37.7 Å². The molecule has 2 aromatic heterocycles. The lowest BCUT2D eigenvalue weighted by Gasteiger charge is -2.06. The highest BCUT2D eigenvalue weighted by atomic mass is 79.9. The van der Waals surface area contributed by atoms with Crippen molar-refractivity contribution in [3.8, 4) is 0 Å². The van der Waals surface area contributed by atoms with Gasteiger partial charge in [-0.15, -0.1) is 0 Å². The van der Waals surface area contributed by atoms with Crippen molar-refractivity contribution >= 4 is 39.2 Å². The maximum atomic E-state index is 5.31. The fourth-order valence-electron chi connectivity index (χ4n) is 2.31. The first-order valence-electron chi connectivity index (χ1n) is 6.88. The van der Waals surface area contributed by atoms with Crippen molar-refractivity contribution in [3.05, 3.63) is 50.7 Å². The van der Waals surface area contributed by atoms with Crippen molar-refractivity contribution in [3.63, 3.8) is 0 Å². The van der Waals surface area contributed by atoms with E-state index in [1.165, 1.54) is 0 Å². The van der Waals surface area contributed by atoms with E-state index in [1.807, 2.05) is 24.3 Å². The van der Waals surface area contributed by atoms with Crippen LogP contribution in [0.1, 0.15) is 30.7 Å². The molecular formula is C15H15BrN4S. The van der Waals surface area contributed by atoms with Crippen LogP contribution in [0.15, 0.2) is 28.7 Å². The molecule has 0 amide bonds. The molecule has 4 nitrogen and oxygen atoms in total. The van der Waals surface area contributed by atoms with Gasteiger partial charge in [0.25, 0.3) is 0 Å². The fraction of sp³-hybridized carbons (Fsp3) is 0.267. The number of para-hydroxylation sites is 2. The molecule has 0 fully saturated rings. The Kier molecular flexibility index (Phi) is 4.17. The van der Waals surface area contributed by atoms with Crippen LogP contribution >= 0.6 is 28.1 Å². The van der Waals surface area contributed by atoms with Gasteiger partial charge in [0, 0.05) is 5.69 Å². The lowest BCUT2D eigenvalue weighted by atomic mass is 10.2. The molecule has 0 saturated carbocycles. The minimum absolute atomic E-state index is 0.600. The Labute approximate surface area is 136 Å². The van der Waals surface area contributed by atoms with Gasteiger partial charge >= 0.3 is 0 Å². The van der Waals surface area contributed by atoms with E-state index < -0.39 is 0 Å². The minimum Gasteiger partial charge on any atom is -0.346 e. The molecule has 0 spiro atoms. The smallest absolute Gasteiger partial charge is 0.144 e. The average Bonchev–Trinajstić information content (AvgIpc) is 2.86. The monoisotopic (exact) mass is 362 g/mol.